The van der Waals surface area contributed by atoms with Gasteiger partial charge in [0.2, 0.25) is 0 Å². The van der Waals surface area contributed by atoms with Gasteiger partial charge in [-0.3, -0.25) is 4.79 Å². The Kier molecular flexibility index (Phi) is 5.65. The van der Waals surface area contributed by atoms with Crippen molar-refractivity contribution in [3.8, 4) is 5.75 Å². The van der Waals surface area contributed by atoms with E-state index in [1.165, 1.54) is 23.5 Å². The number of likely N-dealkylation sites (tertiary alicyclic amines) is 1. The van der Waals surface area contributed by atoms with Crippen molar-refractivity contribution in [1.29, 1.82) is 0 Å². The molecule has 1 N–H and O–H groups in total. The number of ether oxygens (including phenoxy) is 1. The second-order valence-corrected chi connectivity index (χ2v) is 7.23. The maximum atomic E-state index is 12.9. The van der Waals surface area contributed by atoms with Crippen molar-refractivity contribution >= 4 is 17.2 Å². The van der Waals surface area contributed by atoms with Crippen LogP contribution >= 0.6 is 11.3 Å². The third-order valence-electron chi connectivity index (χ3n) is 4.33. The Morgan fingerprint density at radius 3 is 2.92 bits per heavy atom. The molecule has 3 rings (SSSR count). The summed E-state index contributed by atoms with van der Waals surface area (Å²) in [6, 6.07) is 6.21. The minimum absolute atomic E-state index is 0.0444. The maximum absolute atomic E-state index is 12.9. The number of halogens is 1. The summed E-state index contributed by atoms with van der Waals surface area (Å²) < 4.78 is 18.5. The van der Waals surface area contributed by atoms with Crippen LogP contribution in [0.15, 0.2) is 24.3 Å². The van der Waals surface area contributed by atoms with Crippen LogP contribution in [-0.4, -0.2) is 42.0 Å². The highest BCUT2D eigenvalue weighted by atomic mass is 32.1. The zero-order chi connectivity index (χ0) is 17.8. The van der Waals surface area contributed by atoms with Crippen LogP contribution in [0.5, 0.6) is 5.75 Å². The van der Waals surface area contributed by atoms with Crippen molar-refractivity contribution in [2.45, 2.75) is 32.4 Å². The van der Waals surface area contributed by atoms with E-state index in [-0.39, 0.29) is 18.3 Å². The lowest BCUT2D eigenvalue weighted by Gasteiger charge is -2.32. The van der Waals surface area contributed by atoms with Crippen LogP contribution in [0.4, 0.5) is 4.39 Å². The summed E-state index contributed by atoms with van der Waals surface area (Å²) in [6.45, 7) is 3.64. The summed E-state index contributed by atoms with van der Waals surface area (Å²) in [6.07, 6.45) is 2.11. The monoisotopic (exact) mass is 363 g/mol. The van der Waals surface area contributed by atoms with Gasteiger partial charge >= 0.3 is 0 Å². The van der Waals surface area contributed by atoms with Crippen molar-refractivity contribution in [3.63, 3.8) is 0 Å². The van der Waals surface area contributed by atoms with E-state index in [1.807, 2.05) is 18.9 Å². The van der Waals surface area contributed by atoms with Crippen LogP contribution in [0.3, 0.4) is 0 Å². The quantitative estimate of drug-likeness (QED) is 0.887. The highest BCUT2D eigenvalue weighted by molar-refractivity contribution is 7.13. The fourth-order valence-electron chi connectivity index (χ4n) is 2.93. The Hall–Kier alpha value is -1.99. The molecule has 2 aromatic rings. The molecule has 2 heterocycles. The molecule has 1 saturated heterocycles. The van der Waals surface area contributed by atoms with Crippen LogP contribution in [0.1, 0.15) is 33.2 Å². The molecule has 0 bridgehead atoms. The van der Waals surface area contributed by atoms with Crippen LogP contribution < -0.4 is 10.1 Å². The molecule has 0 aliphatic carbocycles. The Morgan fingerprint density at radius 1 is 1.44 bits per heavy atom. The predicted molar refractivity (Wildman–Crippen MR) is 95.6 cm³/mol. The van der Waals surface area contributed by atoms with Gasteiger partial charge in [0.25, 0.3) is 5.91 Å². The first-order chi connectivity index (χ1) is 12.1. The summed E-state index contributed by atoms with van der Waals surface area (Å²) in [5.41, 5.74) is 0.735. The van der Waals surface area contributed by atoms with E-state index in [2.05, 4.69) is 10.3 Å². The molecule has 1 aromatic heterocycles. The highest BCUT2D eigenvalue weighted by Crippen LogP contribution is 2.23. The fraction of sp³-hybridized carbons (Fsp3) is 0.444. The Balaban J connectivity index is 1.65. The maximum Gasteiger partial charge on any atom is 0.265 e. The molecule has 0 saturated carbocycles. The molecular weight excluding hydrogens is 341 g/mol. The molecule has 5 nitrogen and oxygen atoms in total. The first-order valence-corrected chi connectivity index (χ1v) is 9.19. The third kappa shape index (κ3) is 4.35. The van der Waals surface area contributed by atoms with Gasteiger partial charge in [-0.15, -0.1) is 11.3 Å². The number of hydrogen-bond donors (Lipinski definition) is 1. The van der Waals surface area contributed by atoms with Crippen LogP contribution in [0, 0.1) is 12.7 Å². The van der Waals surface area contributed by atoms with Gasteiger partial charge < -0.3 is 15.0 Å². The fourth-order valence-corrected chi connectivity index (χ4v) is 3.87. The first-order valence-electron chi connectivity index (χ1n) is 8.38. The number of aryl methyl sites for hydroxylation is 1. The van der Waals surface area contributed by atoms with Gasteiger partial charge in [-0.1, -0.05) is 0 Å². The SMILES string of the molecule is CNC1CCCN(C(=O)c2sc(COc3ccc(F)cc3)nc2C)C1. The van der Waals surface area contributed by atoms with Gasteiger partial charge in [-0.05, 0) is 51.1 Å². The Morgan fingerprint density at radius 2 is 2.20 bits per heavy atom. The lowest BCUT2D eigenvalue weighted by Crippen LogP contribution is -2.46. The van der Waals surface area contributed by atoms with Gasteiger partial charge in [-0.2, -0.15) is 0 Å². The molecule has 1 aliphatic rings. The van der Waals surface area contributed by atoms with Crippen molar-refractivity contribution in [2.75, 3.05) is 20.1 Å². The molecule has 1 unspecified atom stereocenters. The molecule has 1 aromatic carbocycles. The summed E-state index contributed by atoms with van der Waals surface area (Å²) in [7, 11) is 1.93. The first kappa shape index (κ1) is 17.8. The molecule has 0 radical (unpaired) electrons. The minimum atomic E-state index is -0.299. The van der Waals surface area contributed by atoms with Crippen LogP contribution in [-0.2, 0) is 6.61 Å². The number of amides is 1. The zero-order valence-electron chi connectivity index (χ0n) is 14.4. The van der Waals surface area contributed by atoms with Crippen molar-refractivity contribution in [2.24, 2.45) is 0 Å². The number of likely N-dealkylation sites (N-methyl/N-ethyl adjacent to an activating group) is 1. The summed E-state index contributed by atoms with van der Waals surface area (Å²) in [4.78, 5) is 19.8. The number of nitrogens with one attached hydrogen (secondary N) is 1. The van der Waals surface area contributed by atoms with E-state index in [9.17, 15) is 9.18 Å². The van der Waals surface area contributed by atoms with E-state index in [0.29, 0.717) is 16.7 Å². The van der Waals surface area contributed by atoms with Crippen molar-refractivity contribution in [1.82, 2.24) is 15.2 Å². The molecule has 134 valence electrons. The topological polar surface area (TPSA) is 54.5 Å². The molecule has 0 spiro atoms. The minimum Gasteiger partial charge on any atom is -0.486 e. The van der Waals surface area contributed by atoms with E-state index in [1.54, 1.807) is 12.1 Å². The standard InChI is InChI=1S/C18H22FN3O2S/c1-12-17(18(23)22-9-3-4-14(10-22)20-2)25-16(21-12)11-24-15-7-5-13(19)6-8-15/h5-8,14,20H,3-4,9-11H2,1-2H3. The summed E-state index contributed by atoms with van der Waals surface area (Å²) >= 11 is 1.37. The molecular formula is C18H22FN3O2S. The lowest BCUT2D eigenvalue weighted by atomic mass is 10.1. The lowest BCUT2D eigenvalue weighted by molar-refractivity contribution is 0.0702. The van der Waals surface area contributed by atoms with Crippen LogP contribution in [0.2, 0.25) is 0 Å². The number of piperidine rings is 1. The zero-order valence-corrected chi connectivity index (χ0v) is 15.2. The van der Waals surface area contributed by atoms with Crippen molar-refractivity contribution < 1.29 is 13.9 Å². The van der Waals surface area contributed by atoms with Gasteiger partial charge in [0.15, 0.2) is 0 Å². The third-order valence-corrected chi connectivity index (χ3v) is 5.45. The van der Waals surface area contributed by atoms with Gasteiger partial charge in [0, 0.05) is 19.1 Å². The second kappa shape index (κ2) is 7.93. The normalized spacial score (nSPS) is 17.6. The Labute approximate surface area is 150 Å². The molecule has 1 fully saturated rings. The number of aromatic nitrogens is 1. The number of benzene rings is 1. The van der Waals surface area contributed by atoms with Gasteiger partial charge in [0.05, 0.1) is 5.69 Å². The number of thiazole rings is 1. The van der Waals surface area contributed by atoms with E-state index in [0.717, 1.165) is 36.6 Å². The second-order valence-electron chi connectivity index (χ2n) is 6.14. The molecule has 1 amide bonds. The highest BCUT2D eigenvalue weighted by Gasteiger charge is 2.26. The summed E-state index contributed by atoms with van der Waals surface area (Å²) in [5.74, 6) is 0.324. The smallest absolute Gasteiger partial charge is 0.265 e. The molecule has 25 heavy (non-hydrogen) atoms. The number of carbonyl (C=O) groups is 1. The number of carbonyl (C=O) groups excluding carboxylic acids is 1. The molecule has 1 aliphatic heterocycles. The van der Waals surface area contributed by atoms with E-state index in [4.69, 9.17) is 4.74 Å². The van der Waals surface area contributed by atoms with E-state index < -0.39 is 0 Å². The van der Waals surface area contributed by atoms with Crippen molar-refractivity contribution in [3.05, 3.63) is 45.7 Å². The molecule has 7 heteroatoms. The van der Waals surface area contributed by atoms with Crippen LogP contribution in [0.25, 0.3) is 0 Å². The predicted octanol–water partition coefficient (Wildman–Crippen LogP) is 2.99. The number of nitrogens with zero attached hydrogens (tertiary/aromatic N) is 2. The average molecular weight is 363 g/mol. The van der Waals surface area contributed by atoms with Gasteiger partial charge in [0.1, 0.15) is 28.1 Å². The molecule has 1 atom stereocenters. The average Bonchev–Trinajstić information content (AvgIpc) is 3.01. The number of hydrogen-bond acceptors (Lipinski definition) is 5. The van der Waals surface area contributed by atoms with Gasteiger partial charge in [-0.25, -0.2) is 9.37 Å². The largest absolute Gasteiger partial charge is 0.486 e. The number of rotatable bonds is 5. The van der Waals surface area contributed by atoms with E-state index >= 15 is 0 Å². The summed E-state index contributed by atoms with van der Waals surface area (Å²) in [5, 5.41) is 3.99. The Bertz CT molecular complexity index is 732.